The first-order valence-electron chi connectivity index (χ1n) is 9.68. The molecule has 0 saturated carbocycles. The first-order valence-corrected chi connectivity index (χ1v) is 9.68. The Labute approximate surface area is 192 Å². The van der Waals surface area contributed by atoms with Gasteiger partial charge in [0.05, 0.1) is 18.3 Å². The van der Waals surface area contributed by atoms with E-state index in [-0.39, 0.29) is 24.0 Å². The number of piperazine rings is 1. The SMILES string of the molecule is CN=C(NCCn1cc(C)cn1)N1CCN(Cc2cccc(C(F)(F)F)c2)CC1.I. The molecule has 0 spiro atoms. The highest BCUT2D eigenvalue weighted by atomic mass is 127. The minimum atomic E-state index is -4.30. The average Bonchev–Trinajstić information content (AvgIpc) is 3.11. The molecule has 1 aromatic heterocycles. The molecule has 0 unspecified atom stereocenters. The number of aliphatic imine (C=N–C) groups is 1. The maximum atomic E-state index is 12.9. The lowest BCUT2D eigenvalue weighted by atomic mass is 10.1. The fourth-order valence-electron chi connectivity index (χ4n) is 3.43. The normalized spacial score (nSPS) is 15.8. The topological polar surface area (TPSA) is 48.7 Å². The van der Waals surface area contributed by atoms with E-state index in [1.165, 1.54) is 12.1 Å². The van der Waals surface area contributed by atoms with Crippen LogP contribution in [0.25, 0.3) is 0 Å². The van der Waals surface area contributed by atoms with Crippen LogP contribution in [0.1, 0.15) is 16.7 Å². The highest BCUT2D eigenvalue weighted by molar-refractivity contribution is 14.0. The molecule has 2 aromatic rings. The van der Waals surface area contributed by atoms with Crippen LogP contribution in [0.4, 0.5) is 13.2 Å². The van der Waals surface area contributed by atoms with Crippen LogP contribution in [-0.4, -0.2) is 65.3 Å². The minimum absolute atomic E-state index is 0. The standard InChI is InChI=1S/C20H27F3N6.HI/c1-16-13-26-29(14-16)7-6-25-19(24-2)28-10-8-27(9-11-28)15-17-4-3-5-18(12-17)20(21,22)23;/h3-5,12-14H,6-11,15H2,1-2H3,(H,24,25);1H. The molecular weight excluding hydrogens is 508 g/mol. The minimum Gasteiger partial charge on any atom is -0.354 e. The van der Waals surface area contributed by atoms with Gasteiger partial charge >= 0.3 is 6.18 Å². The molecule has 2 heterocycles. The number of rotatable bonds is 5. The fourth-order valence-corrected chi connectivity index (χ4v) is 3.43. The molecule has 0 atom stereocenters. The quantitative estimate of drug-likeness (QED) is 0.363. The summed E-state index contributed by atoms with van der Waals surface area (Å²) in [7, 11) is 1.76. The molecule has 166 valence electrons. The first-order chi connectivity index (χ1) is 13.8. The van der Waals surface area contributed by atoms with Crippen LogP contribution in [0.5, 0.6) is 0 Å². The highest BCUT2D eigenvalue weighted by Crippen LogP contribution is 2.29. The van der Waals surface area contributed by atoms with Crippen molar-refractivity contribution in [1.29, 1.82) is 0 Å². The van der Waals surface area contributed by atoms with E-state index in [2.05, 4.69) is 25.2 Å². The molecule has 30 heavy (non-hydrogen) atoms. The molecule has 1 aliphatic heterocycles. The van der Waals surface area contributed by atoms with Crippen LogP contribution in [0.2, 0.25) is 0 Å². The van der Waals surface area contributed by atoms with Crippen LogP contribution in [0.3, 0.4) is 0 Å². The third-order valence-electron chi connectivity index (χ3n) is 4.93. The van der Waals surface area contributed by atoms with E-state index in [4.69, 9.17) is 0 Å². The number of nitrogens with one attached hydrogen (secondary N) is 1. The van der Waals surface area contributed by atoms with Crippen molar-refractivity contribution in [3.63, 3.8) is 0 Å². The number of benzene rings is 1. The van der Waals surface area contributed by atoms with Gasteiger partial charge in [0.15, 0.2) is 5.96 Å². The van der Waals surface area contributed by atoms with Crippen molar-refractivity contribution in [3.8, 4) is 0 Å². The second-order valence-corrected chi connectivity index (χ2v) is 7.22. The Morgan fingerprint density at radius 1 is 1.20 bits per heavy atom. The number of guanidine groups is 1. The predicted molar refractivity (Wildman–Crippen MR) is 122 cm³/mol. The molecular formula is C20H28F3IN6. The monoisotopic (exact) mass is 536 g/mol. The van der Waals surface area contributed by atoms with Crippen LogP contribution >= 0.6 is 24.0 Å². The zero-order valence-corrected chi connectivity index (χ0v) is 19.5. The van der Waals surface area contributed by atoms with Crippen LogP contribution in [0.15, 0.2) is 41.7 Å². The van der Waals surface area contributed by atoms with Gasteiger partial charge in [0.1, 0.15) is 0 Å². The Hall–Kier alpha value is -1.82. The Bertz CT molecular complexity index is 828. The Kier molecular flexibility index (Phi) is 8.95. The third-order valence-corrected chi connectivity index (χ3v) is 4.93. The number of hydrogen-bond acceptors (Lipinski definition) is 3. The molecule has 10 heteroatoms. The van der Waals surface area contributed by atoms with Gasteiger partial charge in [0, 0.05) is 52.5 Å². The molecule has 0 amide bonds. The lowest BCUT2D eigenvalue weighted by Crippen LogP contribution is -2.52. The van der Waals surface area contributed by atoms with E-state index in [1.54, 1.807) is 13.1 Å². The van der Waals surface area contributed by atoms with Gasteiger partial charge < -0.3 is 10.2 Å². The molecule has 6 nitrogen and oxygen atoms in total. The van der Waals surface area contributed by atoms with Crippen LogP contribution in [-0.2, 0) is 19.3 Å². The van der Waals surface area contributed by atoms with E-state index in [0.717, 1.165) is 56.9 Å². The summed E-state index contributed by atoms with van der Waals surface area (Å²) in [6.07, 6.45) is -0.475. The third kappa shape index (κ3) is 6.86. The summed E-state index contributed by atoms with van der Waals surface area (Å²) < 4.78 is 40.6. The number of aromatic nitrogens is 2. The fraction of sp³-hybridized carbons (Fsp3) is 0.500. The van der Waals surface area contributed by atoms with Gasteiger partial charge in [0.2, 0.25) is 0 Å². The maximum Gasteiger partial charge on any atom is 0.416 e. The van der Waals surface area contributed by atoms with E-state index in [1.807, 2.05) is 24.0 Å². The number of halogens is 4. The van der Waals surface area contributed by atoms with Crippen molar-refractivity contribution in [2.45, 2.75) is 26.2 Å². The smallest absolute Gasteiger partial charge is 0.354 e. The van der Waals surface area contributed by atoms with E-state index < -0.39 is 11.7 Å². The number of hydrogen-bond donors (Lipinski definition) is 1. The van der Waals surface area contributed by atoms with Gasteiger partial charge in [-0.3, -0.25) is 14.6 Å². The first kappa shape index (κ1) is 24.4. The van der Waals surface area contributed by atoms with Gasteiger partial charge in [0.25, 0.3) is 0 Å². The molecule has 3 rings (SSSR count). The number of aryl methyl sites for hydroxylation is 1. The summed E-state index contributed by atoms with van der Waals surface area (Å²) in [6, 6.07) is 5.58. The average molecular weight is 536 g/mol. The second kappa shape index (κ2) is 11.0. The van der Waals surface area contributed by atoms with Crippen molar-refractivity contribution in [2.75, 3.05) is 39.8 Å². The Morgan fingerprint density at radius 3 is 2.53 bits per heavy atom. The van der Waals surface area contributed by atoms with E-state index in [9.17, 15) is 13.2 Å². The number of alkyl halides is 3. The van der Waals surface area contributed by atoms with Crippen molar-refractivity contribution in [3.05, 3.63) is 53.3 Å². The molecule has 1 saturated heterocycles. The summed E-state index contributed by atoms with van der Waals surface area (Å²) >= 11 is 0. The number of nitrogens with zero attached hydrogens (tertiary/aromatic N) is 5. The molecule has 0 radical (unpaired) electrons. The molecule has 0 aliphatic carbocycles. The lowest BCUT2D eigenvalue weighted by Gasteiger charge is -2.36. The van der Waals surface area contributed by atoms with Crippen LogP contribution in [0, 0.1) is 6.92 Å². The predicted octanol–water partition coefficient (Wildman–Crippen LogP) is 3.22. The van der Waals surface area contributed by atoms with Gasteiger partial charge in [-0.15, -0.1) is 24.0 Å². The van der Waals surface area contributed by atoms with Gasteiger partial charge in [-0.05, 0) is 24.1 Å². The molecule has 1 aromatic carbocycles. The van der Waals surface area contributed by atoms with Crippen molar-refractivity contribution in [1.82, 2.24) is 24.9 Å². The summed E-state index contributed by atoms with van der Waals surface area (Å²) in [5.41, 5.74) is 1.22. The zero-order chi connectivity index (χ0) is 20.9. The van der Waals surface area contributed by atoms with Gasteiger partial charge in [-0.25, -0.2) is 0 Å². The van der Waals surface area contributed by atoms with Gasteiger partial charge in [-0.2, -0.15) is 18.3 Å². The van der Waals surface area contributed by atoms with E-state index in [0.29, 0.717) is 12.1 Å². The maximum absolute atomic E-state index is 12.9. The van der Waals surface area contributed by atoms with Gasteiger partial charge in [-0.1, -0.05) is 18.2 Å². The Morgan fingerprint density at radius 2 is 1.93 bits per heavy atom. The molecule has 0 bridgehead atoms. The highest BCUT2D eigenvalue weighted by Gasteiger charge is 2.30. The summed E-state index contributed by atoms with van der Waals surface area (Å²) in [5.74, 6) is 0.840. The lowest BCUT2D eigenvalue weighted by molar-refractivity contribution is -0.137. The summed E-state index contributed by atoms with van der Waals surface area (Å²) in [6.45, 7) is 7.10. The second-order valence-electron chi connectivity index (χ2n) is 7.22. The van der Waals surface area contributed by atoms with Crippen LogP contribution < -0.4 is 5.32 Å². The molecule has 1 aliphatic rings. The largest absolute Gasteiger partial charge is 0.416 e. The van der Waals surface area contributed by atoms with Crippen molar-refractivity contribution < 1.29 is 13.2 Å². The zero-order valence-electron chi connectivity index (χ0n) is 17.2. The molecule has 1 fully saturated rings. The molecule has 1 N–H and O–H groups in total. The van der Waals surface area contributed by atoms with E-state index >= 15 is 0 Å². The van der Waals surface area contributed by atoms with Crippen molar-refractivity contribution >= 4 is 29.9 Å². The van der Waals surface area contributed by atoms with Crippen molar-refractivity contribution in [2.24, 2.45) is 4.99 Å². The summed E-state index contributed by atoms with van der Waals surface area (Å²) in [4.78, 5) is 8.70. The summed E-state index contributed by atoms with van der Waals surface area (Å²) in [5, 5.41) is 7.63. The Balaban J connectivity index is 0.00000320.